The van der Waals surface area contributed by atoms with Gasteiger partial charge in [-0.15, -0.1) is 10.2 Å². The Morgan fingerprint density at radius 1 is 1.07 bits per heavy atom. The second-order valence-corrected chi connectivity index (χ2v) is 7.61. The molecule has 0 saturated heterocycles. The molecule has 7 heteroatoms. The Labute approximate surface area is 168 Å². The average Bonchev–Trinajstić information content (AvgIpc) is 3.11. The molecule has 28 heavy (non-hydrogen) atoms. The van der Waals surface area contributed by atoms with E-state index in [1.54, 1.807) is 24.3 Å². The molecule has 2 aromatic carbocycles. The molecule has 144 valence electrons. The van der Waals surface area contributed by atoms with Crippen LogP contribution in [0.4, 0.5) is 5.69 Å². The highest BCUT2D eigenvalue weighted by molar-refractivity contribution is 8.00. The third-order valence-corrected chi connectivity index (χ3v) is 5.36. The number of carbonyl (C=O) groups is 2. The molecule has 0 aliphatic heterocycles. The molecule has 3 rings (SSSR count). The molecule has 1 aromatic heterocycles. The fraction of sp³-hybridized carbons (Fsp3) is 0.238. The van der Waals surface area contributed by atoms with Gasteiger partial charge in [0.2, 0.25) is 5.91 Å². The zero-order valence-corrected chi connectivity index (χ0v) is 16.9. The number of carbonyl (C=O) groups excluding carboxylic acids is 2. The van der Waals surface area contributed by atoms with E-state index in [-0.39, 0.29) is 16.9 Å². The summed E-state index contributed by atoms with van der Waals surface area (Å²) in [6.07, 6.45) is 0. The van der Waals surface area contributed by atoms with Crippen molar-refractivity contribution in [3.8, 4) is 11.4 Å². The molecule has 0 fully saturated rings. The maximum atomic E-state index is 12.6. The van der Waals surface area contributed by atoms with Crippen LogP contribution in [0.15, 0.2) is 59.8 Å². The van der Waals surface area contributed by atoms with Gasteiger partial charge in [-0.3, -0.25) is 9.59 Å². The highest BCUT2D eigenvalue weighted by atomic mass is 32.2. The Kier molecular flexibility index (Phi) is 6.26. The van der Waals surface area contributed by atoms with Gasteiger partial charge >= 0.3 is 0 Å². The lowest BCUT2D eigenvalue weighted by atomic mass is 10.1. The minimum atomic E-state index is -0.356. The normalized spacial score (nSPS) is 11.8. The predicted octanol–water partition coefficient (Wildman–Crippen LogP) is 4.29. The molecule has 6 nitrogen and oxygen atoms in total. The van der Waals surface area contributed by atoms with Crippen molar-refractivity contribution in [1.82, 2.24) is 14.8 Å². The van der Waals surface area contributed by atoms with Gasteiger partial charge in [-0.05, 0) is 45.0 Å². The fourth-order valence-corrected chi connectivity index (χ4v) is 3.62. The van der Waals surface area contributed by atoms with E-state index >= 15 is 0 Å². The number of amides is 1. The van der Waals surface area contributed by atoms with Crippen molar-refractivity contribution < 1.29 is 9.59 Å². The second-order valence-electron chi connectivity index (χ2n) is 6.30. The molecule has 1 amide bonds. The van der Waals surface area contributed by atoms with Crippen LogP contribution >= 0.6 is 11.8 Å². The smallest absolute Gasteiger partial charge is 0.237 e. The van der Waals surface area contributed by atoms with Crippen LogP contribution in [0.2, 0.25) is 0 Å². The van der Waals surface area contributed by atoms with E-state index in [1.807, 2.05) is 48.7 Å². The number of Topliss-reactive ketones (excluding diaryl/α,β-unsaturated/α-hetero) is 1. The lowest BCUT2D eigenvalue weighted by Crippen LogP contribution is -2.23. The number of hydrogen-bond acceptors (Lipinski definition) is 5. The van der Waals surface area contributed by atoms with E-state index < -0.39 is 0 Å². The van der Waals surface area contributed by atoms with Crippen molar-refractivity contribution in [3.05, 3.63) is 60.2 Å². The number of ketones is 1. The van der Waals surface area contributed by atoms with Gasteiger partial charge in [0, 0.05) is 23.4 Å². The number of hydrogen-bond donors (Lipinski definition) is 1. The standard InChI is InChI=1S/C21H22N4O2S/c1-4-25-19(17-8-6-5-7-9-17)23-24-21(25)28-15(3)20(27)22-18-12-10-16(11-13-18)14(2)26/h5-13,15H,4H2,1-3H3,(H,22,27). The fourth-order valence-electron chi connectivity index (χ4n) is 2.71. The van der Waals surface area contributed by atoms with Crippen LogP contribution in [0.1, 0.15) is 31.1 Å². The van der Waals surface area contributed by atoms with Gasteiger partial charge in [-0.1, -0.05) is 42.1 Å². The second kappa shape index (κ2) is 8.84. The number of nitrogens with one attached hydrogen (secondary N) is 1. The number of aromatic nitrogens is 3. The summed E-state index contributed by atoms with van der Waals surface area (Å²) in [5, 5.41) is 11.8. The highest BCUT2D eigenvalue weighted by Crippen LogP contribution is 2.27. The maximum Gasteiger partial charge on any atom is 0.237 e. The van der Waals surface area contributed by atoms with Crippen LogP contribution in [0, 0.1) is 0 Å². The molecule has 1 N–H and O–H groups in total. The predicted molar refractivity (Wildman–Crippen MR) is 112 cm³/mol. The number of nitrogens with zero attached hydrogens (tertiary/aromatic N) is 3. The zero-order chi connectivity index (χ0) is 20.1. The molecule has 1 heterocycles. The van der Waals surface area contributed by atoms with Gasteiger partial charge in [0.25, 0.3) is 0 Å². The Hall–Kier alpha value is -2.93. The quantitative estimate of drug-likeness (QED) is 0.478. The third kappa shape index (κ3) is 4.48. The molecule has 0 spiro atoms. The van der Waals surface area contributed by atoms with Crippen LogP contribution < -0.4 is 5.32 Å². The van der Waals surface area contributed by atoms with Crippen LogP contribution in [0.5, 0.6) is 0 Å². The molecule has 0 bridgehead atoms. The van der Waals surface area contributed by atoms with Gasteiger partial charge in [0.05, 0.1) is 5.25 Å². The topological polar surface area (TPSA) is 76.9 Å². The van der Waals surface area contributed by atoms with Crippen molar-refractivity contribution in [1.29, 1.82) is 0 Å². The Balaban J connectivity index is 1.70. The number of anilines is 1. The lowest BCUT2D eigenvalue weighted by Gasteiger charge is -2.13. The minimum absolute atomic E-state index is 0.00470. The van der Waals surface area contributed by atoms with E-state index in [9.17, 15) is 9.59 Å². The summed E-state index contributed by atoms with van der Waals surface area (Å²) in [6.45, 7) is 6.09. The summed E-state index contributed by atoms with van der Waals surface area (Å²) in [7, 11) is 0. The Morgan fingerprint density at radius 3 is 2.36 bits per heavy atom. The minimum Gasteiger partial charge on any atom is -0.325 e. The van der Waals surface area contributed by atoms with Gasteiger partial charge < -0.3 is 9.88 Å². The van der Waals surface area contributed by atoms with Crippen molar-refractivity contribution >= 4 is 29.1 Å². The van der Waals surface area contributed by atoms with Crippen LogP contribution in [-0.2, 0) is 11.3 Å². The van der Waals surface area contributed by atoms with Gasteiger partial charge in [-0.25, -0.2) is 0 Å². The summed E-state index contributed by atoms with van der Waals surface area (Å²) in [5.41, 5.74) is 2.26. The van der Waals surface area contributed by atoms with E-state index in [2.05, 4.69) is 15.5 Å². The number of thioether (sulfide) groups is 1. The molecule has 0 aliphatic carbocycles. The van der Waals surface area contributed by atoms with Gasteiger partial charge in [0.15, 0.2) is 16.8 Å². The summed E-state index contributed by atoms with van der Waals surface area (Å²) >= 11 is 1.37. The first-order chi connectivity index (χ1) is 13.5. The molecular formula is C21H22N4O2S. The van der Waals surface area contributed by atoms with Gasteiger partial charge in [0.1, 0.15) is 0 Å². The van der Waals surface area contributed by atoms with Crippen molar-refractivity contribution in [2.75, 3.05) is 5.32 Å². The maximum absolute atomic E-state index is 12.6. The van der Waals surface area contributed by atoms with E-state index in [0.29, 0.717) is 23.0 Å². The van der Waals surface area contributed by atoms with Crippen molar-refractivity contribution in [3.63, 3.8) is 0 Å². The van der Waals surface area contributed by atoms with E-state index in [1.165, 1.54) is 18.7 Å². The summed E-state index contributed by atoms with van der Waals surface area (Å²) in [4.78, 5) is 23.9. The average molecular weight is 395 g/mol. The van der Waals surface area contributed by atoms with Gasteiger partial charge in [-0.2, -0.15) is 0 Å². The highest BCUT2D eigenvalue weighted by Gasteiger charge is 2.20. The Morgan fingerprint density at radius 2 is 1.75 bits per heavy atom. The number of benzene rings is 2. The Bertz CT molecular complexity index is 968. The largest absolute Gasteiger partial charge is 0.325 e. The van der Waals surface area contributed by atoms with Crippen molar-refractivity contribution in [2.24, 2.45) is 0 Å². The van der Waals surface area contributed by atoms with Crippen LogP contribution in [0.25, 0.3) is 11.4 Å². The third-order valence-electron chi connectivity index (χ3n) is 4.28. The van der Waals surface area contributed by atoms with Crippen molar-refractivity contribution in [2.45, 2.75) is 37.7 Å². The first kappa shape index (κ1) is 19.8. The first-order valence-corrected chi connectivity index (χ1v) is 9.94. The summed E-state index contributed by atoms with van der Waals surface area (Å²) < 4.78 is 2.01. The molecule has 1 atom stereocenters. The first-order valence-electron chi connectivity index (χ1n) is 9.06. The zero-order valence-electron chi connectivity index (χ0n) is 16.0. The molecular weight excluding hydrogens is 372 g/mol. The lowest BCUT2D eigenvalue weighted by molar-refractivity contribution is -0.115. The van der Waals surface area contributed by atoms with E-state index in [0.717, 1.165) is 11.4 Å². The molecule has 0 aliphatic rings. The molecule has 1 unspecified atom stereocenters. The summed E-state index contributed by atoms with van der Waals surface area (Å²) in [6, 6.07) is 16.7. The molecule has 0 saturated carbocycles. The van der Waals surface area contributed by atoms with Crippen LogP contribution in [0.3, 0.4) is 0 Å². The molecule has 3 aromatic rings. The SMILES string of the molecule is CCn1c(SC(C)C(=O)Nc2ccc(C(C)=O)cc2)nnc1-c1ccccc1. The monoisotopic (exact) mass is 394 g/mol. The number of rotatable bonds is 7. The van der Waals surface area contributed by atoms with E-state index in [4.69, 9.17) is 0 Å². The molecule has 0 radical (unpaired) electrons. The summed E-state index contributed by atoms with van der Waals surface area (Å²) in [5.74, 6) is 0.653. The van der Waals surface area contributed by atoms with Crippen LogP contribution in [-0.4, -0.2) is 31.7 Å².